The average Bonchev–Trinajstić information content (AvgIpc) is 3.40. The molecule has 1 heterocycles. The smallest absolute Gasteiger partial charge is 0.191 e. The Morgan fingerprint density at radius 3 is 2.21 bits per heavy atom. The molecule has 1 aromatic heterocycles. The van der Waals surface area contributed by atoms with Crippen molar-refractivity contribution >= 4 is 11.8 Å². The van der Waals surface area contributed by atoms with E-state index >= 15 is 0 Å². The third kappa shape index (κ3) is 3.70. The van der Waals surface area contributed by atoms with E-state index in [0.717, 1.165) is 23.9 Å². The number of benzene rings is 2. The lowest BCUT2D eigenvalue weighted by Gasteiger charge is -2.10. The minimum Gasteiger partial charge on any atom is -0.301 e. The molecular formula is C20H21N3S. The van der Waals surface area contributed by atoms with Crippen molar-refractivity contribution in [2.45, 2.75) is 36.9 Å². The third-order valence-electron chi connectivity index (χ3n) is 4.34. The maximum absolute atomic E-state index is 4.49. The van der Waals surface area contributed by atoms with Crippen molar-refractivity contribution in [1.29, 1.82) is 0 Å². The monoisotopic (exact) mass is 335 g/mol. The first-order valence-corrected chi connectivity index (χ1v) is 9.52. The fourth-order valence-electron chi connectivity index (χ4n) is 2.87. The van der Waals surface area contributed by atoms with E-state index in [1.165, 1.54) is 29.8 Å². The van der Waals surface area contributed by atoms with Gasteiger partial charge in [-0.2, -0.15) is 0 Å². The lowest BCUT2D eigenvalue weighted by atomic mass is 10.2. The summed E-state index contributed by atoms with van der Waals surface area (Å²) >= 11 is 1.82. The number of rotatable bonds is 7. The zero-order valence-corrected chi connectivity index (χ0v) is 14.5. The van der Waals surface area contributed by atoms with E-state index in [1.54, 1.807) is 0 Å². The Morgan fingerprint density at radius 1 is 0.875 bits per heavy atom. The Balaban J connectivity index is 1.48. The van der Waals surface area contributed by atoms with Gasteiger partial charge in [-0.05, 0) is 30.4 Å². The molecule has 2 aromatic carbocycles. The van der Waals surface area contributed by atoms with Crippen LogP contribution in [0, 0.1) is 0 Å². The van der Waals surface area contributed by atoms with Crippen molar-refractivity contribution in [3.05, 3.63) is 77.6 Å². The number of aryl methyl sites for hydroxylation is 1. The van der Waals surface area contributed by atoms with E-state index in [4.69, 9.17) is 0 Å². The second-order valence-electron chi connectivity index (χ2n) is 6.27. The van der Waals surface area contributed by atoms with Crippen LogP contribution in [0.15, 0.2) is 65.8 Å². The summed E-state index contributed by atoms with van der Waals surface area (Å²) in [7, 11) is 0. The van der Waals surface area contributed by atoms with Gasteiger partial charge in [-0.1, -0.05) is 72.4 Å². The fourth-order valence-corrected chi connectivity index (χ4v) is 3.80. The second kappa shape index (κ2) is 7.22. The summed E-state index contributed by atoms with van der Waals surface area (Å²) in [4.78, 5) is 0. The summed E-state index contributed by atoms with van der Waals surface area (Å²) < 4.78 is 2.32. The highest BCUT2D eigenvalue weighted by Gasteiger charge is 2.30. The van der Waals surface area contributed by atoms with Crippen LogP contribution in [-0.2, 0) is 13.0 Å². The van der Waals surface area contributed by atoms with Gasteiger partial charge in [-0.15, -0.1) is 10.2 Å². The molecule has 0 unspecified atom stereocenters. The fraction of sp³-hybridized carbons (Fsp3) is 0.300. The van der Waals surface area contributed by atoms with Crippen LogP contribution in [0.1, 0.15) is 35.7 Å². The van der Waals surface area contributed by atoms with Gasteiger partial charge in [0.2, 0.25) is 0 Å². The molecule has 0 N–H and O–H groups in total. The largest absolute Gasteiger partial charge is 0.301 e. The zero-order chi connectivity index (χ0) is 16.2. The van der Waals surface area contributed by atoms with Crippen molar-refractivity contribution in [3.8, 4) is 0 Å². The number of aromatic nitrogens is 3. The number of hydrogen-bond donors (Lipinski definition) is 0. The van der Waals surface area contributed by atoms with Gasteiger partial charge in [-0.25, -0.2) is 0 Å². The Bertz CT molecular complexity index is 779. The third-order valence-corrected chi connectivity index (χ3v) is 5.30. The van der Waals surface area contributed by atoms with Gasteiger partial charge >= 0.3 is 0 Å². The molecule has 3 nitrogen and oxygen atoms in total. The first kappa shape index (κ1) is 15.5. The number of thioether (sulfide) groups is 1. The lowest BCUT2D eigenvalue weighted by molar-refractivity contribution is 0.667. The maximum Gasteiger partial charge on any atom is 0.191 e. The summed E-state index contributed by atoms with van der Waals surface area (Å²) in [6.07, 6.45) is 3.56. The normalized spacial score (nSPS) is 14.0. The Hall–Kier alpha value is -2.07. The Morgan fingerprint density at radius 2 is 1.54 bits per heavy atom. The molecule has 0 spiro atoms. The van der Waals surface area contributed by atoms with Gasteiger partial charge in [0.1, 0.15) is 5.82 Å². The molecule has 4 heteroatoms. The molecule has 1 saturated carbocycles. The van der Waals surface area contributed by atoms with Gasteiger partial charge in [0.25, 0.3) is 0 Å². The molecular weight excluding hydrogens is 314 g/mol. The van der Waals surface area contributed by atoms with Crippen LogP contribution in [0.2, 0.25) is 0 Å². The molecule has 1 aliphatic carbocycles. The molecule has 1 aliphatic rings. The quantitative estimate of drug-likeness (QED) is 0.594. The van der Waals surface area contributed by atoms with E-state index in [0.29, 0.717) is 5.92 Å². The first-order chi connectivity index (χ1) is 11.9. The highest BCUT2D eigenvalue weighted by atomic mass is 32.2. The van der Waals surface area contributed by atoms with Gasteiger partial charge in [0.15, 0.2) is 5.16 Å². The van der Waals surface area contributed by atoms with Crippen LogP contribution in [-0.4, -0.2) is 20.5 Å². The summed E-state index contributed by atoms with van der Waals surface area (Å²) in [5.41, 5.74) is 2.69. The number of nitrogens with zero attached hydrogens (tertiary/aromatic N) is 3. The molecule has 0 radical (unpaired) electrons. The first-order valence-electron chi connectivity index (χ1n) is 8.54. The summed E-state index contributed by atoms with van der Waals surface area (Å²) in [6.45, 7) is 0.868. The van der Waals surface area contributed by atoms with Gasteiger partial charge in [-0.3, -0.25) is 0 Å². The van der Waals surface area contributed by atoms with Crippen LogP contribution in [0.25, 0.3) is 0 Å². The predicted octanol–water partition coefficient (Wildman–Crippen LogP) is 4.54. The standard InChI is InChI=1S/C20H21N3S/c1-3-7-16(8-4-1)13-14-24-20-22-21-19(18-11-12-18)23(20)15-17-9-5-2-6-10-17/h1-10,18H,11-15H2. The van der Waals surface area contributed by atoms with Crippen LogP contribution in [0.5, 0.6) is 0 Å². The SMILES string of the molecule is c1ccc(CCSc2nnc(C3CC3)n2Cc2ccccc2)cc1. The maximum atomic E-state index is 4.49. The van der Waals surface area contributed by atoms with Crippen LogP contribution in [0.3, 0.4) is 0 Å². The zero-order valence-electron chi connectivity index (χ0n) is 13.6. The molecule has 3 aromatic rings. The molecule has 24 heavy (non-hydrogen) atoms. The van der Waals surface area contributed by atoms with E-state index in [-0.39, 0.29) is 0 Å². The second-order valence-corrected chi connectivity index (χ2v) is 7.33. The van der Waals surface area contributed by atoms with Crippen molar-refractivity contribution < 1.29 is 0 Å². The van der Waals surface area contributed by atoms with Gasteiger partial charge in [0.05, 0.1) is 6.54 Å². The van der Waals surface area contributed by atoms with Crippen molar-refractivity contribution in [2.75, 3.05) is 5.75 Å². The highest BCUT2D eigenvalue weighted by molar-refractivity contribution is 7.99. The molecule has 0 bridgehead atoms. The van der Waals surface area contributed by atoms with E-state index in [9.17, 15) is 0 Å². The molecule has 4 rings (SSSR count). The van der Waals surface area contributed by atoms with E-state index in [2.05, 4.69) is 75.4 Å². The molecule has 0 aliphatic heterocycles. The topological polar surface area (TPSA) is 30.7 Å². The molecule has 1 fully saturated rings. The van der Waals surface area contributed by atoms with Crippen molar-refractivity contribution in [1.82, 2.24) is 14.8 Å². The minimum atomic E-state index is 0.615. The van der Waals surface area contributed by atoms with Crippen molar-refractivity contribution in [2.24, 2.45) is 0 Å². The Kier molecular flexibility index (Phi) is 4.65. The van der Waals surface area contributed by atoms with Gasteiger partial charge < -0.3 is 4.57 Å². The summed E-state index contributed by atoms with van der Waals surface area (Å²) in [6, 6.07) is 21.2. The molecule has 122 valence electrons. The Labute approximate surface area is 147 Å². The van der Waals surface area contributed by atoms with Crippen LogP contribution >= 0.6 is 11.8 Å². The molecule has 0 amide bonds. The lowest BCUT2D eigenvalue weighted by Crippen LogP contribution is -2.06. The van der Waals surface area contributed by atoms with E-state index < -0.39 is 0 Å². The average molecular weight is 335 g/mol. The van der Waals surface area contributed by atoms with Gasteiger partial charge in [0, 0.05) is 11.7 Å². The molecule has 0 saturated heterocycles. The minimum absolute atomic E-state index is 0.615. The van der Waals surface area contributed by atoms with Crippen LogP contribution < -0.4 is 0 Å². The number of hydrogen-bond acceptors (Lipinski definition) is 3. The van der Waals surface area contributed by atoms with Crippen LogP contribution in [0.4, 0.5) is 0 Å². The van der Waals surface area contributed by atoms with E-state index in [1.807, 2.05) is 11.8 Å². The molecule has 0 atom stereocenters. The highest BCUT2D eigenvalue weighted by Crippen LogP contribution is 2.40. The summed E-state index contributed by atoms with van der Waals surface area (Å²) in [5, 5.41) is 10.0. The van der Waals surface area contributed by atoms with Crippen molar-refractivity contribution in [3.63, 3.8) is 0 Å². The predicted molar refractivity (Wildman–Crippen MR) is 98.4 cm³/mol. The summed E-state index contributed by atoms with van der Waals surface area (Å²) in [5.74, 6) is 2.81.